The zero-order valence-electron chi connectivity index (χ0n) is 12.7. The SMILES string of the molecule is COc1ccc(CNC(=O)C(C)Oc2ccc(Cl)cc2Br)cn1. The molecule has 0 aliphatic rings. The van der Waals surface area contributed by atoms with Gasteiger partial charge in [-0.05, 0) is 46.6 Å². The molecule has 0 aliphatic carbocycles. The van der Waals surface area contributed by atoms with Crippen molar-refractivity contribution in [3.8, 4) is 11.6 Å². The minimum Gasteiger partial charge on any atom is -0.481 e. The van der Waals surface area contributed by atoms with Crippen molar-refractivity contribution in [1.29, 1.82) is 0 Å². The topological polar surface area (TPSA) is 60.5 Å². The highest BCUT2D eigenvalue weighted by atomic mass is 79.9. The van der Waals surface area contributed by atoms with Crippen molar-refractivity contribution in [2.24, 2.45) is 0 Å². The van der Waals surface area contributed by atoms with Crippen LogP contribution in [0.5, 0.6) is 11.6 Å². The number of pyridine rings is 1. The molecule has 23 heavy (non-hydrogen) atoms. The van der Waals surface area contributed by atoms with Gasteiger partial charge in [-0.15, -0.1) is 0 Å². The van der Waals surface area contributed by atoms with Gasteiger partial charge in [0.1, 0.15) is 5.75 Å². The summed E-state index contributed by atoms with van der Waals surface area (Å²) < 4.78 is 11.3. The Morgan fingerprint density at radius 3 is 2.78 bits per heavy atom. The highest BCUT2D eigenvalue weighted by molar-refractivity contribution is 9.10. The van der Waals surface area contributed by atoms with Crippen LogP contribution in [0.1, 0.15) is 12.5 Å². The van der Waals surface area contributed by atoms with Gasteiger partial charge in [0.15, 0.2) is 6.10 Å². The molecule has 0 bridgehead atoms. The van der Waals surface area contributed by atoms with Gasteiger partial charge in [0, 0.05) is 23.8 Å². The molecule has 1 amide bonds. The van der Waals surface area contributed by atoms with Crippen molar-refractivity contribution in [3.05, 3.63) is 51.6 Å². The lowest BCUT2D eigenvalue weighted by molar-refractivity contribution is -0.127. The first-order valence-electron chi connectivity index (χ1n) is 6.88. The highest BCUT2D eigenvalue weighted by Crippen LogP contribution is 2.28. The highest BCUT2D eigenvalue weighted by Gasteiger charge is 2.15. The van der Waals surface area contributed by atoms with Gasteiger partial charge in [0.2, 0.25) is 5.88 Å². The fourth-order valence-corrected chi connectivity index (χ4v) is 2.56. The molecular weight excluding hydrogens is 384 g/mol. The number of methoxy groups -OCH3 is 1. The normalized spacial score (nSPS) is 11.7. The number of carbonyl (C=O) groups excluding carboxylic acids is 1. The third-order valence-electron chi connectivity index (χ3n) is 3.04. The van der Waals surface area contributed by atoms with Gasteiger partial charge >= 0.3 is 0 Å². The molecule has 1 heterocycles. The van der Waals surface area contributed by atoms with Gasteiger partial charge in [-0.3, -0.25) is 4.79 Å². The number of hydrogen-bond acceptors (Lipinski definition) is 4. The molecule has 5 nitrogen and oxygen atoms in total. The summed E-state index contributed by atoms with van der Waals surface area (Å²) in [6.45, 7) is 2.05. The van der Waals surface area contributed by atoms with Crippen molar-refractivity contribution >= 4 is 33.4 Å². The predicted molar refractivity (Wildman–Crippen MR) is 91.9 cm³/mol. The Morgan fingerprint density at radius 1 is 1.39 bits per heavy atom. The fourth-order valence-electron chi connectivity index (χ4n) is 1.78. The predicted octanol–water partition coefficient (Wildman–Crippen LogP) is 3.59. The minimum absolute atomic E-state index is 0.220. The summed E-state index contributed by atoms with van der Waals surface area (Å²) >= 11 is 9.23. The van der Waals surface area contributed by atoms with Crippen molar-refractivity contribution in [2.45, 2.75) is 19.6 Å². The summed E-state index contributed by atoms with van der Waals surface area (Å²) in [6, 6.07) is 8.71. The van der Waals surface area contributed by atoms with E-state index in [0.717, 1.165) is 5.56 Å². The van der Waals surface area contributed by atoms with Gasteiger partial charge in [0.05, 0.1) is 11.6 Å². The molecule has 0 fully saturated rings. The van der Waals surface area contributed by atoms with Crippen molar-refractivity contribution in [1.82, 2.24) is 10.3 Å². The molecule has 1 unspecified atom stereocenters. The summed E-state index contributed by atoms with van der Waals surface area (Å²) in [7, 11) is 1.55. The first-order chi connectivity index (χ1) is 11.0. The second-order valence-electron chi connectivity index (χ2n) is 4.76. The van der Waals surface area contributed by atoms with Gasteiger partial charge in [-0.1, -0.05) is 17.7 Å². The molecule has 0 radical (unpaired) electrons. The number of hydrogen-bond donors (Lipinski definition) is 1. The second-order valence-corrected chi connectivity index (χ2v) is 6.05. The van der Waals surface area contributed by atoms with E-state index < -0.39 is 6.10 Å². The second kappa shape index (κ2) is 8.17. The summed E-state index contributed by atoms with van der Waals surface area (Å²) in [5, 5.41) is 3.39. The Kier molecular flexibility index (Phi) is 6.24. The molecule has 0 aliphatic heterocycles. The third kappa shape index (κ3) is 5.11. The molecule has 2 aromatic rings. The molecule has 0 saturated carbocycles. The van der Waals surface area contributed by atoms with E-state index in [1.165, 1.54) is 0 Å². The average molecular weight is 400 g/mol. The molecular formula is C16H16BrClN2O3. The Bertz CT molecular complexity index is 680. The number of ether oxygens (including phenoxy) is 2. The third-order valence-corrected chi connectivity index (χ3v) is 3.90. The van der Waals surface area contributed by atoms with E-state index >= 15 is 0 Å². The molecule has 0 saturated heterocycles. The van der Waals surface area contributed by atoms with Crippen LogP contribution in [-0.2, 0) is 11.3 Å². The Morgan fingerprint density at radius 2 is 2.17 bits per heavy atom. The summed E-state index contributed by atoms with van der Waals surface area (Å²) in [6.07, 6.45) is 1.01. The van der Waals surface area contributed by atoms with Crippen LogP contribution in [0.25, 0.3) is 0 Å². The molecule has 1 N–H and O–H groups in total. The zero-order chi connectivity index (χ0) is 16.8. The number of nitrogens with zero attached hydrogens (tertiary/aromatic N) is 1. The average Bonchev–Trinajstić information content (AvgIpc) is 2.55. The number of rotatable bonds is 6. The fraction of sp³-hybridized carbons (Fsp3) is 0.250. The van der Waals surface area contributed by atoms with E-state index in [9.17, 15) is 4.79 Å². The van der Waals surface area contributed by atoms with Crippen LogP contribution in [0.15, 0.2) is 41.0 Å². The van der Waals surface area contributed by atoms with Crippen molar-refractivity contribution in [3.63, 3.8) is 0 Å². The maximum absolute atomic E-state index is 12.1. The van der Waals surface area contributed by atoms with Crippen LogP contribution in [0, 0.1) is 0 Å². The largest absolute Gasteiger partial charge is 0.481 e. The van der Waals surface area contributed by atoms with Crippen molar-refractivity contribution in [2.75, 3.05) is 7.11 Å². The van der Waals surface area contributed by atoms with E-state index in [4.69, 9.17) is 21.1 Å². The standard InChI is InChI=1S/C16H16BrClN2O3/c1-10(23-14-5-4-12(18)7-13(14)17)16(21)20-9-11-3-6-15(22-2)19-8-11/h3-8,10H,9H2,1-2H3,(H,20,21). The van der Waals surface area contributed by atoms with Gasteiger partial charge < -0.3 is 14.8 Å². The van der Waals surface area contributed by atoms with Crippen LogP contribution in [0.2, 0.25) is 5.02 Å². The van der Waals surface area contributed by atoms with Crippen LogP contribution in [0.3, 0.4) is 0 Å². The quantitative estimate of drug-likeness (QED) is 0.806. The zero-order valence-corrected chi connectivity index (χ0v) is 15.0. The monoisotopic (exact) mass is 398 g/mol. The summed E-state index contributed by atoms with van der Waals surface area (Å²) in [5.41, 5.74) is 0.874. The van der Waals surface area contributed by atoms with E-state index in [0.29, 0.717) is 27.7 Å². The molecule has 122 valence electrons. The lowest BCUT2D eigenvalue weighted by Crippen LogP contribution is -2.36. The smallest absolute Gasteiger partial charge is 0.261 e. The van der Waals surface area contributed by atoms with Gasteiger partial charge in [0.25, 0.3) is 5.91 Å². The maximum Gasteiger partial charge on any atom is 0.261 e. The number of halogens is 2. The van der Waals surface area contributed by atoms with Crippen LogP contribution in [-0.4, -0.2) is 24.1 Å². The molecule has 2 rings (SSSR count). The van der Waals surface area contributed by atoms with E-state index in [-0.39, 0.29) is 5.91 Å². The lowest BCUT2D eigenvalue weighted by atomic mass is 10.2. The van der Waals surface area contributed by atoms with E-state index in [1.807, 2.05) is 6.07 Å². The summed E-state index contributed by atoms with van der Waals surface area (Å²) in [4.78, 5) is 16.2. The summed E-state index contributed by atoms with van der Waals surface area (Å²) in [5.74, 6) is 0.871. The van der Waals surface area contributed by atoms with E-state index in [2.05, 4.69) is 26.2 Å². The minimum atomic E-state index is -0.640. The number of carbonyl (C=O) groups is 1. The van der Waals surface area contributed by atoms with Crippen LogP contribution < -0.4 is 14.8 Å². The van der Waals surface area contributed by atoms with Crippen LogP contribution >= 0.6 is 27.5 Å². The first-order valence-corrected chi connectivity index (χ1v) is 8.05. The molecule has 1 aromatic heterocycles. The number of benzene rings is 1. The number of nitrogens with one attached hydrogen (secondary N) is 1. The molecule has 7 heteroatoms. The van der Waals surface area contributed by atoms with Gasteiger partial charge in [-0.25, -0.2) is 4.98 Å². The Hall–Kier alpha value is -1.79. The Balaban J connectivity index is 1.89. The lowest BCUT2D eigenvalue weighted by Gasteiger charge is -2.16. The molecule has 1 aromatic carbocycles. The first kappa shape index (κ1) is 17.6. The van der Waals surface area contributed by atoms with Crippen LogP contribution in [0.4, 0.5) is 0 Å². The van der Waals surface area contributed by atoms with Crippen molar-refractivity contribution < 1.29 is 14.3 Å². The number of aromatic nitrogens is 1. The Labute approximate surface area is 148 Å². The van der Waals surface area contributed by atoms with E-state index in [1.54, 1.807) is 44.5 Å². The molecule has 0 spiro atoms. The van der Waals surface area contributed by atoms with Gasteiger partial charge in [-0.2, -0.15) is 0 Å². The maximum atomic E-state index is 12.1. The number of amides is 1. The molecule has 1 atom stereocenters.